The summed E-state index contributed by atoms with van der Waals surface area (Å²) in [5, 5.41) is 0. The molecule has 1 saturated heterocycles. The summed E-state index contributed by atoms with van der Waals surface area (Å²) in [6, 6.07) is 7.36. The minimum Gasteiger partial charge on any atom is -0.320 e. The Labute approximate surface area is 125 Å². The third kappa shape index (κ3) is 3.71. The van der Waals surface area contributed by atoms with Crippen molar-refractivity contribution in [1.29, 1.82) is 0 Å². The fourth-order valence-corrected chi connectivity index (χ4v) is 2.54. The molecule has 1 aromatic rings. The Hall–Kier alpha value is -2.12. The maximum Gasteiger partial charge on any atom is 0.229 e. The molecule has 4 nitrogen and oxygen atoms in total. The Bertz CT molecular complexity index is 580. The molecule has 0 aliphatic carbocycles. The first-order valence-corrected chi connectivity index (χ1v) is 7.27. The van der Waals surface area contributed by atoms with Crippen LogP contribution in [0.25, 0.3) is 0 Å². The van der Waals surface area contributed by atoms with E-state index in [9.17, 15) is 9.59 Å². The van der Waals surface area contributed by atoms with Gasteiger partial charge in [-0.15, -0.1) is 0 Å². The Morgan fingerprint density at radius 2 is 1.90 bits per heavy atom. The van der Waals surface area contributed by atoms with Crippen LogP contribution in [-0.2, 0) is 9.59 Å². The van der Waals surface area contributed by atoms with E-state index in [-0.39, 0.29) is 17.9 Å². The predicted molar refractivity (Wildman–Crippen MR) is 81.1 cm³/mol. The van der Waals surface area contributed by atoms with Crippen LogP contribution in [0, 0.1) is 11.8 Å². The highest BCUT2D eigenvalue weighted by atomic mass is 16.2. The molecule has 1 fully saturated rings. The number of hydrogen-bond acceptors (Lipinski definition) is 3. The number of imide groups is 1. The second-order valence-corrected chi connectivity index (χ2v) is 5.17. The first kappa shape index (κ1) is 15.3. The minimum atomic E-state index is -0.261. The van der Waals surface area contributed by atoms with Crippen molar-refractivity contribution in [2.24, 2.45) is 5.73 Å². The smallest absolute Gasteiger partial charge is 0.229 e. The molecule has 0 radical (unpaired) electrons. The van der Waals surface area contributed by atoms with Crippen molar-refractivity contribution in [1.82, 2.24) is 4.90 Å². The van der Waals surface area contributed by atoms with E-state index in [1.54, 1.807) is 0 Å². The molecule has 1 aliphatic heterocycles. The number of nitrogens with zero attached hydrogens (tertiary/aromatic N) is 1. The van der Waals surface area contributed by atoms with E-state index < -0.39 is 0 Å². The molecule has 1 aliphatic rings. The third-order valence-electron chi connectivity index (χ3n) is 3.66. The molecule has 110 valence electrons. The van der Waals surface area contributed by atoms with Crippen LogP contribution < -0.4 is 5.73 Å². The zero-order chi connectivity index (χ0) is 15.2. The van der Waals surface area contributed by atoms with Crippen molar-refractivity contribution in [3.63, 3.8) is 0 Å². The molecule has 2 rings (SSSR count). The van der Waals surface area contributed by atoms with Gasteiger partial charge in [0.25, 0.3) is 0 Å². The third-order valence-corrected chi connectivity index (χ3v) is 3.66. The summed E-state index contributed by atoms with van der Waals surface area (Å²) in [6.45, 7) is 2.19. The van der Waals surface area contributed by atoms with Gasteiger partial charge in [-0.1, -0.05) is 24.0 Å². The summed E-state index contributed by atoms with van der Waals surface area (Å²) in [7, 11) is 0. The maximum atomic E-state index is 12.2. The van der Waals surface area contributed by atoms with E-state index in [1.807, 2.05) is 31.2 Å². The van der Waals surface area contributed by atoms with Crippen molar-refractivity contribution >= 4 is 11.8 Å². The molecular formula is C17H20N2O2. The zero-order valence-corrected chi connectivity index (χ0v) is 12.3. The van der Waals surface area contributed by atoms with E-state index in [2.05, 4.69) is 11.8 Å². The standard InChI is InChI=1S/C17H20N2O2/c1-13(19-16(20)9-2-3-10-17(19)21)15-8-4-6-14(12-15)7-5-11-18/h4,6,8,12-13H,2-3,9-11,18H2,1H3. The highest BCUT2D eigenvalue weighted by molar-refractivity contribution is 5.96. The van der Waals surface area contributed by atoms with Crippen LogP contribution in [0.3, 0.4) is 0 Å². The summed E-state index contributed by atoms with van der Waals surface area (Å²) >= 11 is 0. The van der Waals surface area contributed by atoms with Crippen molar-refractivity contribution in [3.05, 3.63) is 35.4 Å². The van der Waals surface area contributed by atoms with Gasteiger partial charge in [-0.05, 0) is 37.5 Å². The van der Waals surface area contributed by atoms with E-state index in [1.165, 1.54) is 4.90 Å². The molecule has 1 unspecified atom stereocenters. The van der Waals surface area contributed by atoms with Gasteiger partial charge in [0.15, 0.2) is 0 Å². The number of hydrogen-bond donors (Lipinski definition) is 1. The molecule has 0 aromatic heterocycles. The molecule has 0 saturated carbocycles. The molecular weight excluding hydrogens is 264 g/mol. The van der Waals surface area contributed by atoms with Gasteiger partial charge < -0.3 is 5.73 Å². The van der Waals surface area contributed by atoms with Crippen LogP contribution in [-0.4, -0.2) is 23.3 Å². The molecule has 4 heteroatoms. The van der Waals surface area contributed by atoms with Crippen LogP contribution in [0.2, 0.25) is 0 Å². The van der Waals surface area contributed by atoms with Gasteiger partial charge in [0.2, 0.25) is 11.8 Å². The summed E-state index contributed by atoms with van der Waals surface area (Å²) in [4.78, 5) is 25.7. The zero-order valence-electron chi connectivity index (χ0n) is 12.3. The molecule has 2 amide bonds. The van der Waals surface area contributed by atoms with E-state index in [0.29, 0.717) is 19.4 Å². The first-order valence-electron chi connectivity index (χ1n) is 7.27. The van der Waals surface area contributed by atoms with Crippen LogP contribution in [0.5, 0.6) is 0 Å². The van der Waals surface area contributed by atoms with Gasteiger partial charge in [-0.3, -0.25) is 14.5 Å². The largest absolute Gasteiger partial charge is 0.320 e. The summed E-state index contributed by atoms with van der Waals surface area (Å²) in [5.74, 6) is 5.62. The first-order chi connectivity index (χ1) is 10.1. The molecule has 21 heavy (non-hydrogen) atoms. The van der Waals surface area contributed by atoms with E-state index in [4.69, 9.17) is 5.73 Å². The highest BCUT2D eigenvalue weighted by Gasteiger charge is 2.29. The normalized spacial score (nSPS) is 17.0. The number of amides is 2. The quantitative estimate of drug-likeness (QED) is 0.667. The summed E-state index contributed by atoms with van der Waals surface area (Å²) < 4.78 is 0. The lowest BCUT2D eigenvalue weighted by Crippen LogP contribution is -2.37. The molecule has 2 N–H and O–H groups in total. The average Bonchev–Trinajstić information content (AvgIpc) is 2.65. The topological polar surface area (TPSA) is 63.4 Å². The minimum absolute atomic E-state index is 0.0801. The molecule has 1 atom stereocenters. The van der Waals surface area contributed by atoms with Gasteiger partial charge in [0.1, 0.15) is 0 Å². The van der Waals surface area contributed by atoms with Gasteiger partial charge in [-0.2, -0.15) is 0 Å². The van der Waals surface area contributed by atoms with E-state index >= 15 is 0 Å². The average molecular weight is 284 g/mol. The number of carbonyl (C=O) groups excluding carboxylic acids is 2. The van der Waals surface area contributed by atoms with Gasteiger partial charge in [0, 0.05) is 18.4 Å². The van der Waals surface area contributed by atoms with Crippen molar-refractivity contribution in [2.75, 3.05) is 6.54 Å². The lowest BCUT2D eigenvalue weighted by atomic mass is 10.0. The summed E-state index contributed by atoms with van der Waals surface area (Å²) in [6.07, 6.45) is 2.47. The van der Waals surface area contributed by atoms with Gasteiger partial charge >= 0.3 is 0 Å². The van der Waals surface area contributed by atoms with Crippen LogP contribution >= 0.6 is 0 Å². The Morgan fingerprint density at radius 1 is 1.24 bits per heavy atom. The number of likely N-dealkylation sites (tertiary alicyclic amines) is 1. The number of rotatable bonds is 2. The SMILES string of the molecule is CC(c1cccc(C#CCN)c1)N1C(=O)CCCCC1=O. The van der Waals surface area contributed by atoms with Crippen LogP contribution in [0.4, 0.5) is 0 Å². The van der Waals surface area contributed by atoms with Crippen molar-refractivity contribution in [2.45, 2.75) is 38.6 Å². The molecule has 0 spiro atoms. The lowest BCUT2D eigenvalue weighted by molar-refractivity contribution is -0.146. The van der Waals surface area contributed by atoms with Crippen LogP contribution in [0.1, 0.15) is 49.8 Å². The number of nitrogens with two attached hydrogens (primary N) is 1. The molecule has 1 heterocycles. The second-order valence-electron chi connectivity index (χ2n) is 5.17. The second kappa shape index (κ2) is 7.05. The number of benzene rings is 1. The molecule has 1 aromatic carbocycles. The van der Waals surface area contributed by atoms with Gasteiger partial charge in [-0.25, -0.2) is 0 Å². The fraction of sp³-hybridized carbons (Fsp3) is 0.412. The Morgan fingerprint density at radius 3 is 2.52 bits per heavy atom. The van der Waals surface area contributed by atoms with E-state index in [0.717, 1.165) is 24.0 Å². The predicted octanol–water partition coefficient (Wildman–Crippen LogP) is 1.99. The Kier molecular flexibility index (Phi) is 5.13. The van der Waals surface area contributed by atoms with Crippen LogP contribution in [0.15, 0.2) is 24.3 Å². The maximum absolute atomic E-state index is 12.2. The van der Waals surface area contributed by atoms with Crippen molar-refractivity contribution < 1.29 is 9.59 Å². The fourth-order valence-electron chi connectivity index (χ4n) is 2.54. The summed E-state index contributed by atoms with van der Waals surface area (Å²) in [5.41, 5.74) is 7.14. The highest BCUT2D eigenvalue weighted by Crippen LogP contribution is 2.25. The molecule has 0 bridgehead atoms. The number of carbonyl (C=O) groups is 2. The van der Waals surface area contributed by atoms with Gasteiger partial charge in [0.05, 0.1) is 12.6 Å². The lowest BCUT2D eigenvalue weighted by Gasteiger charge is -2.26. The Balaban J connectivity index is 2.27. The van der Waals surface area contributed by atoms with Crippen molar-refractivity contribution in [3.8, 4) is 11.8 Å². The monoisotopic (exact) mass is 284 g/mol.